The maximum Gasteiger partial charge on any atom is 0.272 e. The lowest BCUT2D eigenvalue weighted by Crippen LogP contribution is -2.12. The third-order valence-electron chi connectivity index (χ3n) is 2.33. The summed E-state index contributed by atoms with van der Waals surface area (Å²) in [5, 5.41) is 3.47. The largest absolute Gasteiger partial charge is 0.356 e. The number of hydrogen-bond donors (Lipinski definition) is 2. The molecule has 5 heteroatoms. The third kappa shape index (κ3) is 2.90. The van der Waals surface area contributed by atoms with Gasteiger partial charge in [-0.25, -0.2) is 0 Å². The van der Waals surface area contributed by atoms with Crippen LogP contribution in [0.2, 0.25) is 5.02 Å². The zero-order chi connectivity index (χ0) is 12.4. The van der Waals surface area contributed by atoms with E-state index in [-0.39, 0.29) is 5.91 Å². The van der Waals surface area contributed by atoms with Crippen LogP contribution in [0.3, 0.4) is 0 Å². The van der Waals surface area contributed by atoms with E-state index >= 15 is 0 Å². The first kappa shape index (κ1) is 12.2. The van der Waals surface area contributed by atoms with Crippen LogP contribution in [0.5, 0.6) is 0 Å². The fourth-order valence-electron chi connectivity index (χ4n) is 1.46. The van der Waals surface area contributed by atoms with Crippen LogP contribution in [0.4, 0.5) is 5.69 Å². The average molecular weight is 314 g/mol. The molecule has 2 N–H and O–H groups in total. The highest BCUT2D eigenvalue weighted by Crippen LogP contribution is 2.20. The van der Waals surface area contributed by atoms with E-state index < -0.39 is 0 Å². The summed E-state index contributed by atoms with van der Waals surface area (Å²) >= 11 is 9.13. The van der Waals surface area contributed by atoms with Crippen molar-refractivity contribution in [3.05, 3.63) is 51.2 Å². The molecule has 0 spiro atoms. The Morgan fingerprint density at radius 1 is 1.41 bits per heavy atom. The Morgan fingerprint density at radius 2 is 2.18 bits per heavy atom. The first-order valence-electron chi connectivity index (χ1n) is 4.97. The number of carbonyl (C=O) groups excluding carboxylic acids is 1. The minimum absolute atomic E-state index is 0.180. The highest BCUT2D eigenvalue weighted by Gasteiger charge is 2.09. The number of rotatable bonds is 2. The number of nitrogens with one attached hydrogen (secondary N) is 2. The minimum Gasteiger partial charge on any atom is -0.356 e. The molecule has 0 aliphatic heterocycles. The molecule has 0 unspecified atom stereocenters. The molecule has 0 radical (unpaired) electrons. The van der Waals surface area contributed by atoms with E-state index in [1.165, 1.54) is 0 Å². The molecule has 88 valence electrons. The van der Waals surface area contributed by atoms with Crippen LogP contribution in [0.15, 0.2) is 34.9 Å². The molecule has 0 aliphatic rings. The standard InChI is InChI=1S/C12H10BrClN2O/c1-7-4-9(14)2-3-10(7)16-12(17)11-5-8(13)6-15-11/h2-6,15H,1H3,(H,16,17). The van der Waals surface area contributed by atoms with Gasteiger partial charge >= 0.3 is 0 Å². The lowest BCUT2D eigenvalue weighted by molar-refractivity contribution is 0.102. The Balaban J connectivity index is 2.18. The Labute approximate surface area is 112 Å². The van der Waals surface area contributed by atoms with E-state index in [0.717, 1.165) is 15.7 Å². The summed E-state index contributed by atoms with van der Waals surface area (Å²) in [6.07, 6.45) is 1.71. The van der Waals surface area contributed by atoms with Gasteiger partial charge in [-0.15, -0.1) is 0 Å². The Kier molecular flexibility index (Phi) is 3.54. The summed E-state index contributed by atoms with van der Waals surface area (Å²) in [6.45, 7) is 1.89. The van der Waals surface area contributed by atoms with Gasteiger partial charge in [0.2, 0.25) is 0 Å². The molecule has 2 rings (SSSR count). The topological polar surface area (TPSA) is 44.9 Å². The normalized spacial score (nSPS) is 10.3. The first-order chi connectivity index (χ1) is 8.06. The molecule has 17 heavy (non-hydrogen) atoms. The summed E-state index contributed by atoms with van der Waals surface area (Å²) in [6, 6.07) is 7.06. The van der Waals surface area contributed by atoms with Gasteiger partial charge in [0.25, 0.3) is 5.91 Å². The van der Waals surface area contributed by atoms with E-state index in [1.807, 2.05) is 13.0 Å². The molecule has 3 nitrogen and oxygen atoms in total. The van der Waals surface area contributed by atoms with Gasteiger partial charge in [0.15, 0.2) is 0 Å². The monoisotopic (exact) mass is 312 g/mol. The predicted molar refractivity (Wildman–Crippen MR) is 72.6 cm³/mol. The molecule has 0 saturated heterocycles. The van der Waals surface area contributed by atoms with Gasteiger partial charge in [-0.1, -0.05) is 11.6 Å². The zero-order valence-corrected chi connectivity index (χ0v) is 11.4. The first-order valence-corrected chi connectivity index (χ1v) is 6.15. The number of hydrogen-bond acceptors (Lipinski definition) is 1. The summed E-state index contributed by atoms with van der Waals surface area (Å²) in [5.41, 5.74) is 2.19. The Morgan fingerprint density at radius 3 is 2.76 bits per heavy atom. The predicted octanol–water partition coefficient (Wildman–Crippen LogP) is 3.99. The smallest absolute Gasteiger partial charge is 0.272 e. The van der Waals surface area contributed by atoms with Crippen LogP contribution in [-0.2, 0) is 0 Å². The molecule has 0 aliphatic carbocycles. The lowest BCUT2D eigenvalue weighted by Gasteiger charge is -2.07. The van der Waals surface area contributed by atoms with Crippen molar-refractivity contribution < 1.29 is 4.79 Å². The molecule has 0 fully saturated rings. The van der Waals surface area contributed by atoms with Crippen molar-refractivity contribution in [3.63, 3.8) is 0 Å². The van der Waals surface area contributed by atoms with Crippen molar-refractivity contribution in [2.75, 3.05) is 5.32 Å². The number of benzene rings is 1. The van der Waals surface area contributed by atoms with E-state index in [0.29, 0.717) is 10.7 Å². The summed E-state index contributed by atoms with van der Waals surface area (Å²) in [4.78, 5) is 14.7. The minimum atomic E-state index is -0.180. The second-order valence-corrected chi connectivity index (χ2v) is 5.00. The third-order valence-corrected chi connectivity index (χ3v) is 3.02. The van der Waals surface area contributed by atoms with Crippen LogP contribution in [-0.4, -0.2) is 10.9 Å². The quantitative estimate of drug-likeness (QED) is 0.865. The Hall–Kier alpha value is -1.26. The van der Waals surface area contributed by atoms with E-state index in [2.05, 4.69) is 26.2 Å². The number of aryl methyl sites for hydroxylation is 1. The van der Waals surface area contributed by atoms with E-state index in [1.54, 1.807) is 24.4 Å². The van der Waals surface area contributed by atoms with Crippen LogP contribution in [0.1, 0.15) is 16.1 Å². The van der Waals surface area contributed by atoms with Crippen molar-refractivity contribution in [3.8, 4) is 0 Å². The van der Waals surface area contributed by atoms with Gasteiger partial charge in [0, 0.05) is 21.4 Å². The summed E-state index contributed by atoms with van der Waals surface area (Å²) in [5.74, 6) is -0.180. The maximum atomic E-state index is 11.9. The van der Waals surface area contributed by atoms with Crippen molar-refractivity contribution in [1.82, 2.24) is 4.98 Å². The molecule has 0 bridgehead atoms. The SMILES string of the molecule is Cc1cc(Cl)ccc1NC(=O)c1cc(Br)c[nH]1. The van der Waals surface area contributed by atoms with Gasteiger partial charge in [0.1, 0.15) is 5.69 Å². The summed E-state index contributed by atoms with van der Waals surface area (Å²) < 4.78 is 0.843. The molecule has 1 aromatic carbocycles. The molecule has 2 aromatic rings. The number of amides is 1. The molecular formula is C12H10BrClN2O. The number of anilines is 1. The summed E-state index contributed by atoms with van der Waals surface area (Å²) in [7, 11) is 0. The van der Waals surface area contributed by atoms with Gasteiger partial charge in [0.05, 0.1) is 0 Å². The molecule has 0 saturated carbocycles. The number of carbonyl (C=O) groups is 1. The van der Waals surface area contributed by atoms with Crippen LogP contribution >= 0.6 is 27.5 Å². The van der Waals surface area contributed by atoms with E-state index in [9.17, 15) is 4.79 Å². The van der Waals surface area contributed by atoms with Crippen LogP contribution in [0.25, 0.3) is 0 Å². The number of halogens is 2. The van der Waals surface area contributed by atoms with Gasteiger partial charge in [-0.05, 0) is 52.7 Å². The molecule has 1 heterocycles. The van der Waals surface area contributed by atoms with Crippen molar-refractivity contribution in [2.24, 2.45) is 0 Å². The van der Waals surface area contributed by atoms with Crippen molar-refractivity contribution in [1.29, 1.82) is 0 Å². The van der Waals surface area contributed by atoms with Crippen LogP contribution in [0, 0.1) is 6.92 Å². The Bertz CT molecular complexity index is 565. The highest BCUT2D eigenvalue weighted by atomic mass is 79.9. The number of H-pyrrole nitrogens is 1. The van der Waals surface area contributed by atoms with Crippen molar-refractivity contribution >= 4 is 39.1 Å². The molecule has 0 atom stereocenters. The fraction of sp³-hybridized carbons (Fsp3) is 0.0833. The van der Waals surface area contributed by atoms with Gasteiger partial charge in [-0.3, -0.25) is 4.79 Å². The molecule has 1 amide bonds. The van der Waals surface area contributed by atoms with Gasteiger partial charge in [-0.2, -0.15) is 0 Å². The lowest BCUT2D eigenvalue weighted by atomic mass is 10.2. The van der Waals surface area contributed by atoms with Gasteiger partial charge < -0.3 is 10.3 Å². The second kappa shape index (κ2) is 4.94. The maximum absolute atomic E-state index is 11.9. The zero-order valence-electron chi connectivity index (χ0n) is 9.05. The fourth-order valence-corrected chi connectivity index (χ4v) is 2.03. The van der Waals surface area contributed by atoms with Crippen molar-refractivity contribution in [2.45, 2.75) is 6.92 Å². The second-order valence-electron chi connectivity index (χ2n) is 3.64. The molecular weight excluding hydrogens is 304 g/mol. The highest BCUT2D eigenvalue weighted by molar-refractivity contribution is 9.10. The molecule has 1 aromatic heterocycles. The number of aromatic amines is 1. The average Bonchev–Trinajstić information content (AvgIpc) is 2.69. The van der Waals surface area contributed by atoms with Crippen LogP contribution < -0.4 is 5.32 Å². The van der Waals surface area contributed by atoms with E-state index in [4.69, 9.17) is 11.6 Å². The number of aromatic nitrogens is 1.